The largest absolute Gasteiger partial charge is 0.383 e. The highest BCUT2D eigenvalue weighted by Gasteiger charge is 2.14. The molecule has 1 unspecified atom stereocenters. The number of nitrogen functional groups attached to an aromatic ring is 1. The van der Waals surface area contributed by atoms with Gasteiger partial charge in [-0.3, -0.25) is 0 Å². The predicted molar refractivity (Wildman–Crippen MR) is 90.1 cm³/mol. The maximum absolute atomic E-state index is 5.99. The smallest absolute Gasteiger partial charge is 0.128 e. The van der Waals surface area contributed by atoms with Crippen molar-refractivity contribution in [2.75, 3.05) is 18.5 Å². The molecule has 0 fully saturated rings. The lowest BCUT2D eigenvalue weighted by molar-refractivity contribution is 0.661. The van der Waals surface area contributed by atoms with Gasteiger partial charge in [0.2, 0.25) is 0 Å². The van der Waals surface area contributed by atoms with E-state index in [0.29, 0.717) is 5.82 Å². The highest BCUT2D eigenvalue weighted by molar-refractivity contribution is 9.10. The van der Waals surface area contributed by atoms with Gasteiger partial charge in [-0.1, -0.05) is 22.0 Å². The highest BCUT2D eigenvalue weighted by Crippen LogP contribution is 2.28. The van der Waals surface area contributed by atoms with E-state index < -0.39 is 0 Å². The van der Waals surface area contributed by atoms with Crippen molar-refractivity contribution in [2.45, 2.75) is 17.9 Å². The van der Waals surface area contributed by atoms with Crippen LogP contribution in [0.1, 0.15) is 17.2 Å². The topological polar surface area (TPSA) is 50.9 Å². The van der Waals surface area contributed by atoms with Crippen molar-refractivity contribution >= 4 is 33.5 Å². The molecule has 0 saturated carbocycles. The molecule has 1 atom stereocenters. The van der Waals surface area contributed by atoms with Crippen LogP contribution in [0.3, 0.4) is 0 Å². The normalized spacial score (nSPS) is 12.3. The molecule has 0 saturated heterocycles. The zero-order valence-electron chi connectivity index (χ0n) is 11.6. The van der Waals surface area contributed by atoms with Gasteiger partial charge in [-0.25, -0.2) is 4.98 Å². The van der Waals surface area contributed by atoms with Gasteiger partial charge in [-0.2, -0.15) is 0 Å². The SMILES string of the molecule is CNC(CSc1cccc(Br)c1)c1cc(C)cnc1N. The molecule has 20 heavy (non-hydrogen) atoms. The summed E-state index contributed by atoms with van der Waals surface area (Å²) in [6.07, 6.45) is 1.80. The first kappa shape index (κ1) is 15.4. The number of anilines is 1. The molecule has 0 radical (unpaired) electrons. The van der Waals surface area contributed by atoms with Gasteiger partial charge in [-0.05, 0) is 43.8 Å². The quantitative estimate of drug-likeness (QED) is 0.804. The summed E-state index contributed by atoms with van der Waals surface area (Å²) in [6, 6.07) is 10.6. The summed E-state index contributed by atoms with van der Waals surface area (Å²) in [5, 5.41) is 3.32. The van der Waals surface area contributed by atoms with Gasteiger partial charge < -0.3 is 11.1 Å². The van der Waals surface area contributed by atoms with E-state index in [9.17, 15) is 0 Å². The van der Waals surface area contributed by atoms with Crippen LogP contribution in [0, 0.1) is 6.92 Å². The minimum Gasteiger partial charge on any atom is -0.383 e. The van der Waals surface area contributed by atoms with Gasteiger partial charge in [0, 0.05) is 32.9 Å². The molecule has 0 aliphatic rings. The van der Waals surface area contributed by atoms with Crippen LogP contribution in [0.4, 0.5) is 5.82 Å². The second kappa shape index (κ2) is 7.11. The maximum atomic E-state index is 5.99. The van der Waals surface area contributed by atoms with Gasteiger partial charge in [0.1, 0.15) is 5.82 Å². The zero-order chi connectivity index (χ0) is 14.5. The van der Waals surface area contributed by atoms with Crippen LogP contribution in [0.2, 0.25) is 0 Å². The summed E-state index contributed by atoms with van der Waals surface area (Å²) < 4.78 is 1.10. The Morgan fingerprint density at radius 3 is 2.90 bits per heavy atom. The Morgan fingerprint density at radius 1 is 1.40 bits per heavy atom. The molecular weight excluding hydrogens is 334 g/mol. The van der Waals surface area contributed by atoms with Gasteiger partial charge in [0.15, 0.2) is 0 Å². The zero-order valence-corrected chi connectivity index (χ0v) is 14.0. The molecule has 1 aromatic heterocycles. The van der Waals surface area contributed by atoms with Crippen LogP contribution < -0.4 is 11.1 Å². The second-order valence-electron chi connectivity index (χ2n) is 4.60. The fraction of sp³-hybridized carbons (Fsp3) is 0.267. The maximum Gasteiger partial charge on any atom is 0.128 e. The lowest BCUT2D eigenvalue weighted by atomic mass is 10.1. The number of aromatic nitrogens is 1. The van der Waals surface area contributed by atoms with Crippen LogP contribution in [-0.4, -0.2) is 17.8 Å². The van der Waals surface area contributed by atoms with Crippen LogP contribution in [-0.2, 0) is 0 Å². The third-order valence-corrected chi connectivity index (χ3v) is 4.60. The number of benzene rings is 1. The van der Waals surface area contributed by atoms with Gasteiger partial charge in [-0.15, -0.1) is 11.8 Å². The number of halogens is 1. The van der Waals surface area contributed by atoms with E-state index in [1.807, 2.05) is 26.1 Å². The molecule has 106 valence electrons. The molecule has 1 heterocycles. The average Bonchev–Trinajstić information content (AvgIpc) is 2.43. The van der Waals surface area contributed by atoms with Crippen molar-refractivity contribution in [1.29, 1.82) is 0 Å². The van der Waals surface area contributed by atoms with Crippen LogP contribution in [0.25, 0.3) is 0 Å². The fourth-order valence-electron chi connectivity index (χ4n) is 1.95. The molecular formula is C15H18BrN3S. The van der Waals surface area contributed by atoms with Crippen molar-refractivity contribution in [2.24, 2.45) is 0 Å². The number of pyridine rings is 1. The van der Waals surface area contributed by atoms with E-state index >= 15 is 0 Å². The fourth-order valence-corrected chi connectivity index (χ4v) is 3.59. The molecule has 0 aliphatic heterocycles. The number of nitrogens with one attached hydrogen (secondary N) is 1. The molecule has 3 nitrogen and oxygen atoms in total. The summed E-state index contributed by atoms with van der Waals surface area (Å²) in [4.78, 5) is 5.47. The average molecular weight is 352 g/mol. The molecule has 0 spiro atoms. The minimum absolute atomic E-state index is 0.186. The Bertz CT molecular complexity index is 589. The Balaban J connectivity index is 2.11. The Morgan fingerprint density at radius 2 is 2.20 bits per heavy atom. The summed E-state index contributed by atoms with van der Waals surface area (Å²) in [5.41, 5.74) is 8.18. The standard InChI is InChI=1S/C15H18BrN3S/c1-10-6-13(15(17)19-8-10)14(18-2)9-20-12-5-3-4-11(16)7-12/h3-8,14,18H,9H2,1-2H3,(H2,17,19). The third-order valence-electron chi connectivity index (χ3n) is 3.02. The first-order valence-corrected chi connectivity index (χ1v) is 8.15. The summed E-state index contributed by atoms with van der Waals surface area (Å²) in [7, 11) is 1.95. The van der Waals surface area contributed by atoms with Gasteiger partial charge in [0.05, 0.1) is 0 Å². The van der Waals surface area contributed by atoms with Crippen molar-refractivity contribution in [3.8, 4) is 0 Å². The number of aryl methyl sites for hydroxylation is 1. The summed E-state index contributed by atoms with van der Waals surface area (Å²) >= 11 is 5.29. The van der Waals surface area contributed by atoms with Crippen molar-refractivity contribution in [1.82, 2.24) is 10.3 Å². The monoisotopic (exact) mass is 351 g/mol. The van der Waals surface area contributed by atoms with Crippen LogP contribution >= 0.6 is 27.7 Å². The van der Waals surface area contributed by atoms with Crippen molar-refractivity contribution < 1.29 is 0 Å². The van der Waals surface area contributed by atoms with Crippen molar-refractivity contribution in [3.63, 3.8) is 0 Å². The third kappa shape index (κ3) is 3.98. The van der Waals surface area contributed by atoms with Crippen molar-refractivity contribution in [3.05, 3.63) is 52.1 Å². The van der Waals surface area contributed by atoms with Crippen LogP contribution in [0.5, 0.6) is 0 Å². The molecule has 1 aromatic carbocycles. The number of thioether (sulfide) groups is 1. The number of nitrogens with two attached hydrogens (primary N) is 1. The molecule has 2 aromatic rings. The number of rotatable bonds is 5. The summed E-state index contributed by atoms with van der Waals surface area (Å²) in [6.45, 7) is 2.03. The highest BCUT2D eigenvalue weighted by atomic mass is 79.9. The summed E-state index contributed by atoms with van der Waals surface area (Å²) in [5.74, 6) is 1.51. The first-order chi connectivity index (χ1) is 9.60. The molecule has 0 aliphatic carbocycles. The van der Waals surface area contributed by atoms with E-state index in [1.54, 1.807) is 18.0 Å². The van der Waals surface area contributed by atoms with E-state index in [1.165, 1.54) is 4.90 Å². The lowest BCUT2D eigenvalue weighted by Gasteiger charge is -2.18. The molecule has 0 amide bonds. The second-order valence-corrected chi connectivity index (χ2v) is 6.61. The molecule has 0 bridgehead atoms. The van der Waals surface area contributed by atoms with E-state index in [-0.39, 0.29) is 6.04 Å². The molecule has 5 heteroatoms. The minimum atomic E-state index is 0.186. The Kier molecular flexibility index (Phi) is 5.46. The molecule has 3 N–H and O–H groups in total. The Labute approximate surface area is 132 Å². The van der Waals surface area contributed by atoms with E-state index in [0.717, 1.165) is 21.4 Å². The lowest BCUT2D eigenvalue weighted by Crippen LogP contribution is -2.20. The number of hydrogen-bond donors (Lipinski definition) is 2. The van der Waals surface area contributed by atoms with Crippen LogP contribution in [0.15, 0.2) is 45.9 Å². The van der Waals surface area contributed by atoms with Gasteiger partial charge in [0.25, 0.3) is 0 Å². The Hall–Kier alpha value is -1.04. The number of nitrogens with zero attached hydrogens (tertiary/aromatic N) is 1. The first-order valence-electron chi connectivity index (χ1n) is 6.38. The van der Waals surface area contributed by atoms with E-state index in [2.05, 4.69) is 44.4 Å². The van der Waals surface area contributed by atoms with Gasteiger partial charge >= 0.3 is 0 Å². The van der Waals surface area contributed by atoms with E-state index in [4.69, 9.17) is 5.73 Å². The predicted octanol–water partition coefficient (Wildman–Crippen LogP) is 3.79. The molecule has 2 rings (SSSR count). The number of hydrogen-bond acceptors (Lipinski definition) is 4.